The van der Waals surface area contributed by atoms with Crippen LogP contribution in [0, 0.1) is 119 Å². The van der Waals surface area contributed by atoms with Gasteiger partial charge in [-0.1, -0.05) is 189 Å². The van der Waals surface area contributed by atoms with E-state index in [-0.39, 0.29) is 46.5 Å². The van der Waals surface area contributed by atoms with E-state index >= 15 is 8.78 Å². The summed E-state index contributed by atoms with van der Waals surface area (Å²) in [6.07, 6.45) is 3.81. The Labute approximate surface area is 701 Å². The van der Waals surface area contributed by atoms with Crippen LogP contribution in [0.3, 0.4) is 0 Å². The zero-order chi connectivity index (χ0) is 84.8. The van der Waals surface area contributed by atoms with Crippen molar-refractivity contribution in [1.29, 1.82) is 0 Å². The quantitative estimate of drug-likeness (QED) is 0.0649. The molecule has 0 atom stereocenters. The lowest BCUT2D eigenvalue weighted by molar-refractivity contribution is 0.185. The molecule has 2 aromatic heterocycles. The van der Waals surface area contributed by atoms with Crippen molar-refractivity contribution in [2.24, 2.45) is 10.8 Å². The molecule has 0 aliphatic carbocycles. The fourth-order valence-electron chi connectivity index (χ4n) is 21.0. The summed E-state index contributed by atoms with van der Waals surface area (Å²) in [5.41, 5.74) is 37.2. The van der Waals surface area contributed by atoms with Crippen LogP contribution < -0.4 is 9.47 Å². The molecular formula is C110H122F2N2O4. The maximum absolute atomic E-state index is 16.8. The Morgan fingerprint density at radius 2 is 0.610 bits per heavy atom. The molecule has 0 fully saturated rings. The second-order valence-electron chi connectivity index (χ2n) is 38.5. The topological polar surface area (TPSA) is 57.8 Å². The van der Waals surface area contributed by atoms with Gasteiger partial charge in [0.15, 0.2) is 0 Å². The summed E-state index contributed by atoms with van der Waals surface area (Å²) in [5.74, 6) is 0.471. The second kappa shape index (κ2) is 32.4. The third-order valence-corrected chi connectivity index (χ3v) is 24.6. The lowest BCUT2D eigenvalue weighted by Crippen LogP contribution is -2.25. The predicted octanol–water partition coefficient (Wildman–Crippen LogP) is 30.2. The van der Waals surface area contributed by atoms with Crippen molar-refractivity contribution in [3.8, 4) is 89.6 Å². The minimum absolute atomic E-state index is 0.0356. The highest BCUT2D eigenvalue weighted by molar-refractivity contribution is 6.13. The van der Waals surface area contributed by atoms with Crippen LogP contribution in [-0.4, -0.2) is 34.6 Å². The molecule has 0 aliphatic rings. The van der Waals surface area contributed by atoms with Crippen LogP contribution >= 0.6 is 0 Å². The lowest BCUT2D eigenvalue weighted by atomic mass is 9.71. The molecule has 12 aromatic carbocycles. The fourth-order valence-corrected chi connectivity index (χ4v) is 21.0. The number of aliphatic hydroxyl groups excluding tert-OH is 1. The number of halogens is 2. The van der Waals surface area contributed by atoms with Crippen LogP contribution in [0.2, 0.25) is 0 Å². The van der Waals surface area contributed by atoms with Gasteiger partial charge in [-0.25, -0.2) is 8.78 Å². The Balaban J connectivity index is 0.844. The largest absolute Gasteiger partial charge is 0.493 e. The van der Waals surface area contributed by atoms with Crippen LogP contribution in [0.1, 0.15) is 201 Å². The summed E-state index contributed by atoms with van der Waals surface area (Å²) in [7, 11) is 1.75. The molecular weight excluding hydrogens is 1450 g/mol. The normalized spacial score (nSPS) is 12.4. The molecule has 14 aromatic rings. The van der Waals surface area contributed by atoms with Gasteiger partial charge in [0.1, 0.15) is 23.1 Å². The number of ether oxygens (including phenoxy) is 3. The fraction of sp³-hybridized carbons (Fsp3) is 0.345. The summed E-state index contributed by atoms with van der Waals surface area (Å²) in [6, 6.07) is 61.5. The van der Waals surface area contributed by atoms with Gasteiger partial charge in [-0.05, 0) is 346 Å². The number of aliphatic hydroxyl groups is 1. The van der Waals surface area contributed by atoms with E-state index in [1.54, 1.807) is 31.4 Å². The smallest absolute Gasteiger partial charge is 0.130 e. The van der Waals surface area contributed by atoms with Gasteiger partial charge in [-0.2, -0.15) is 0 Å². The summed E-state index contributed by atoms with van der Waals surface area (Å²) in [6.45, 7) is 53.9. The van der Waals surface area contributed by atoms with Gasteiger partial charge in [0, 0.05) is 50.9 Å². The van der Waals surface area contributed by atoms with Crippen LogP contribution in [0.25, 0.3) is 122 Å². The molecule has 8 heteroatoms. The highest BCUT2D eigenvalue weighted by atomic mass is 19.1. The number of nitrogens with zero attached hydrogens (tertiary/aromatic N) is 2. The van der Waals surface area contributed by atoms with Crippen LogP contribution in [0.4, 0.5) is 8.78 Å². The van der Waals surface area contributed by atoms with E-state index < -0.39 is 0 Å². The van der Waals surface area contributed by atoms with E-state index in [9.17, 15) is 5.11 Å². The standard InChI is InChI=1S/C110H122F2N2O4/c1-63-39-67(5)101(68(6)40-63)77-29-33-85-86-34-30-78(102-69(7)41-64(2)42-70(102)8)50-96(86)113(95(85)49-77)99-55-81(109(21,22)61-107(15,16)17)53-89(93(99)59-115)91-57-83(111)47-75(13)105(91)117-37-27-26-28-38-118-106-76(14)48-84(112)58-92(106)90-54-82(110(23,24)62-108(18,19)20)56-100(94(90)60-116-25)114-97-51-79(103-71(9)43-65(3)44-72(103)10)31-35-87(97)88-36-32-80(52-98(88)114)104-73(11)45-66(4)46-74(104)12/h29-36,39-58,115H,26-28,37-38,59-62H2,1-25H3. The Bertz CT molecular complexity index is 5990. The predicted molar refractivity (Wildman–Crippen MR) is 496 cm³/mol. The average molecular weight is 1570 g/mol. The van der Waals surface area contributed by atoms with Gasteiger partial charge in [-0.15, -0.1) is 0 Å². The van der Waals surface area contributed by atoms with Gasteiger partial charge < -0.3 is 28.5 Å². The van der Waals surface area contributed by atoms with Gasteiger partial charge in [0.05, 0.1) is 59.9 Å². The molecule has 0 amide bonds. The molecule has 0 saturated carbocycles. The molecule has 2 heterocycles. The zero-order valence-corrected chi connectivity index (χ0v) is 74.9. The third-order valence-electron chi connectivity index (χ3n) is 24.6. The Hall–Kier alpha value is -10.4. The molecule has 6 nitrogen and oxygen atoms in total. The number of rotatable bonds is 23. The molecule has 14 rings (SSSR count). The van der Waals surface area contributed by atoms with Crippen molar-refractivity contribution in [3.05, 3.63) is 282 Å². The molecule has 0 unspecified atom stereocenters. The Kier molecular flexibility index (Phi) is 23.1. The lowest BCUT2D eigenvalue weighted by Gasteiger charge is -2.34. The van der Waals surface area contributed by atoms with E-state index in [0.29, 0.717) is 65.4 Å². The van der Waals surface area contributed by atoms with Crippen molar-refractivity contribution >= 4 is 43.6 Å². The maximum Gasteiger partial charge on any atom is 0.130 e. The van der Waals surface area contributed by atoms with Crippen LogP contribution in [0.5, 0.6) is 11.5 Å². The average Bonchev–Trinajstić information content (AvgIpc) is 1.59. The van der Waals surface area contributed by atoms with Gasteiger partial charge in [0.2, 0.25) is 0 Å². The number of unbranched alkanes of at least 4 members (excludes halogenated alkanes) is 2. The molecule has 0 saturated heterocycles. The Morgan fingerprint density at radius 1 is 0.322 bits per heavy atom. The van der Waals surface area contributed by atoms with Crippen molar-refractivity contribution in [2.45, 2.75) is 222 Å². The van der Waals surface area contributed by atoms with Crippen molar-refractivity contribution in [3.63, 3.8) is 0 Å². The monoisotopic (exact) mass is 1570 g/mol. The van der Waals surface area contributed by atoms with Crippen LogP contribution in [0.15, 0.2) is 170 Å². The molecule has 0 bridgehead atoms. The summed E-state index contributed by atoms with van der Waals surface area (Å²) in [4.78, 5) is 0. The summed E-state index contributed by atoms with van der Waals surface area (Å²) >= 11 is 0. The molecule has 0 radical (unpaired) electrons. The molecule has 0 aliphatic heterocycles. The Morgan fingerprint density at radius 3 is 0.890 bits per heavy atom. The van der Waals surface area contributed by atoms with E-state index in [1.807, 2.05) is 13.8 Å². The first-order chi connectivity index (χ1) is 55.7. The first-order valence-electron chi connectivity index (χ1n) is 42.5. The van der Waals surface area contributed by atoms with E-state index in [1.165, 1.54) is 89.0 Å². The second-order valence-corrected chi connectivity index (χ2v) is 38.5. The highest BCUT2D eigenvalue weighted by Gasteiger charge is 2.35. The third kappa shape index (κ3) is 16.5. The van der Waals surface area contributed by atoms with Crippen molar-refractivity contribution < 1.29 is 28.1 Å². The number of methoxy groups -OCH3 is 1. The highest BCUT2D eigenvalue weighted by Crippen LogP contribution is 2.51. The van der Waals surface area contributed by atoms with Crippen molar-refractivity contribution in [2.75, 3.05) is 20.3 Å². The number of aromatic nitrogens is 2. The first kappa shape index (κ1) is 84.1. The SMILES string of the molecule is COCc1c(-c2cc(F)cc(C)c2OCCCCCOc2c(C)cc(F)cc2-c2cc(C(C)(C)CC(C)(C)C)cc(-n3c4cc(-c5c(C)cc(C)cc5C)ccc4c4ccc(-c5c(C)cc(C)cc5C)cc43)c2CO)cc(C(C)(C)CC(C)(C)C)cc1-n1c2cc(-c3c(C)cc(C)cc3C)ccc2c2ccc(-c3c(C)cc(C)cc3C)cc21. The van der Waals surface area contributed by atoms with E-state index in [2.05, 4.69) is 307 Å². The molecule has 610 valence electrons. The number of hydrogen-bond donors (Lipinski definition) is 1. The minimum Gasteiger partial charge on any atom is -0.493 e. The molecule has 118 heavy (non-hydrogen) atoms. The van der Waals surface area contributed by atoms with E-state index in [0.717, 1.165) is 124 Å². The van der Waals surface area contributed by atoms with Crippen LogP contribution in [-0.2, 0) is 28.8 Å². The first-order valence-corrected chi connectivity index (χ1v) is 42.5. The van der Waals surface area contributed by atoms with Crippen molar-refractivity contribution in [1.82, 2.24) is 9.13 Å². The number of fused-ring (bicyclic) bond motifs is 6. The van der Waals surface area contributed by atoms with Gasteiger partial charge in [0.25, 0.3) is 0 Å². The zero-order valence-electron chi connectivity index (χ0n) is 74.9. The van der Waals surface area contributed by atoms with Gasteiger partial charge >= 0.3 is 0 Å². The molecule has 0 spiro atoms. The molecule has 1 N–H and O–H groups in total. The number of aryl methyl sites for hydroxylation is 14. The van der Waals surface area contributed by atoms with Gasteiger partial charge in [-0.3, -0.25) is 0 Å². The number of benzene rings is 12. The summed E-state index contributed by atoms with van der Waals surface area (Å²) < 4.78 is 59.0. The maximum atomic E-state index is 16.8. The summed E-state index contributed by atoms with van der Waals surface area (Å²) in [5, 5.41) is 16.8. The van der Waals surface area contributed by atoms with E-state index in [4.69, 9.17) is 14.2 Å². The minimum atomic E-state index is -0.386. The number of hydrogen-bond acceptors (Lipinski definition) is 4.